The van der Waals surface area contributed by atoms with Crippen molar-refractivity contribution in [2.75, 3.05) is 5.73 Å². The van der Waals surface area contributed by atoms with Crippen LogP contribution in [0.15, 0.2) is 18.5 Å². The molecule has 2 aromatic rings. The Kier molecular flexibility index (Phi) is 3.30. The molecule has 1 aliphatic rings. The summed E-state index contributed by atoms with van der Waals surface area (Å²) in [6, 6.07) is 2.42. The van der Waals surface area contributed by atoms with Crippen LogP contribution in [0.3, 0.4) is 0 Å². The van der Waals surface area contributed by atoms with Crippen LogP contribution >= 0.6 is 0 Å². The standard InChI is InChI=1S/C14H19N5O/c1-18-14(15)12(9-16-18)13(20)8-10-6-7-19(17-10)11-4-2-3-5-11/h6-7,9,11H,2-5,8,15H2,1H3. The maximum Gasteiger partial charge on any atom is 0.174 e. The zero-order chi connectivity index (χ0) is 14.1. The molecule has 1 aliphatic carbocycles. The fourth-order valence-corrected chi connectivity index (χ4v) is 2.77. The fourth-order valence-electron chi connectivity index (χ4n) is 2.77. The van der Waals surface area contributed by atoms with Gasteiger partial charge in [0.05, 0.1) is 29.9 Å². The second-order valence-corrected chi connectivity index (χ2v) is 5.39. The molecular weight excluding hydrogens is 254 g/mol. The van der Waals surface area contributed by atoms with Crippen LogP contribution in [0.1, 0.15) is 47.8 Å². The second-order valence-electron chi connectivity index (χ2n) is 5.39. The number of rotatable bonds is 4. The van der Waals surface area contributed by atoms with Gasteiger partial charge in [-0.3, -0.25) is 14.2 Å². The lowest BCUT2D eigenvalue weighted by Crippen LogP contribution is -2.09. The minimum absolute atomic E-state index is 0.0349. The van der Waals surface area contributed by atoms with Gasteiger partial charge >= 0.3 is 0 Å². The van der Waals surface area contributed by atoms with Crippen molar-refractivity contribution >= 4 is 11.6 Å². The number of nitrogens with two attached hydrogens (primary N) is 1. The van der Waals surface area contributed by atoms with Gasteiger partial charge in [0.15, 0.2) is 5.78 Å². The molecule has 3 rings (SSSR count). The van der Waals surface area contributed by atoms with E-state index in [-0.39, 0.29) is 12.2 Å². The van der Waals surface area contributed by atoms with Crippen LogP contribution in [0.25, 0.3) is 0 Å². The Morgan fingerprint density at radius 3 is 2.85 bits per heavy atom. The zero-order valence-corrected chi connectivity index (χ0v) is 11.6. The SMILES string of the molecule is Cn1ncc(C(=O)Cc2ccn(C3CCCC3)n2)c1N. The van der Waals surface area contributed by atoms with Gasteiger partial charge in [0.1, 0.15) is 5.82 Å². The highest BCUT2D eigenvalue weighted by Crippen LogP contribution is 2.28. The van der Waals surface area contributed by atoms with Crippen molar-refractivity contribution in [3.05, 3.63) is 29.7 Å². The summed E-state index contributed by atoms with van der Waals surface area (Å²) in [5.74, 6) is 0.373. The Morgan fingerprint density at radius 2 is 2.20 bits per heavy atom. The molecule has 2 N–H and O–H groups in total. The average Bonchev–Trinajstić information content (AvgIpc) is 3.12. The van der Waals surface area contributed by atoms with E-state index in [0.29, 0.717) is 17.4 Å². The Labute approximate surface area is 117 Å². The third-order valence-corrected chi connectivity index (χ3v) is 3.99. The molecule has 0 aliphatic heterocycles. The largest absolute Gasteiger partial charge is 0.383 e. The minimum Gasteiger partial charge on any atom is -0.383 e. The van der Waals surface area contributed by atoms with Gasteiger partial charge in [-0.2, -0.15) is 10.2 Å². The van der Waals surface area contributed by atoms with E-state index < -0.39 is 0 Å². The van der Waals surface area contributed by atoms with Crippen molar-refractivity contribution in [1.82, 2.24) is 19.6 Å². The topological polar surface area (TPSA) is 78.7 Å². The van der Waals surface area contributed by atoms with Crippen molar-refractivity contribution in [3.8, 4) is 0 Å². The van der Waals surface area contributed by atoms with E-state index in [1.165, 1.54) is 36.6 Å². The number of hydrogen-bond acceptors (Lipinski definition) is 4. The summed E-state index contributed by atoms with van der Waals surface area (Å²) >= 11 is 0. The smallest absolute Gasteiger partial charge is 0.174 e. The molecule has 0 amide bonds. The molecule has 0 radical (unpaired) electrons. The zero-order valence-electron chi connectivity index (χ0n) is 11.6. The van der Waals surface area contributed by atoms with Crippen molar-refractivity contribution in [3.63, 3.8) is 0 Å². The molecule has 106 valence electrons. The van der Waals surface area contributed by atoms with Gasteiger partial charge in [-0.1, -0.05) is 12.8 Å². The molecule has 6 heteroatoms. The summed E-state index contributed by atoms with van der Waals surface area (Å²) in [4.78, 5) is 12.2. The maximum absolute atomic E-state index is 12.2. The van der Waals surface area contributed by atoms with Crippen LogP contribution in [0.2, 0.25) is 0 Å². The number of hydrogen-bond donors (Lipinski definition) is 1. The van der Waals surface area contributed by atoms with E-state index in [0.717, 1.165) is 5.69 Å². The summed E-state index contributed by atoms with van der Waals surface area (Å²) in [7, 11) is 1.72. The quantitative estimate of drug-likeness (QED) is 0.861. The number of aryl methyl sites for hydroxylation is 1. The molecule has 0 atom stereocenters. The van der Waals surface area contributed by atoms with Gasteiger partial charge in [0, 0.05) is 13.2 Å². The molecule has 0 saturated heterocycles. The Balaban J connectivity index is 1.71. The van der Waals surface area contributed by atoms with Crippen molar-refractivity contribution in [2.24, 2.45) is 7.05 Å². The summed E-state index contributed by atoms with van der Waals surface area (Å²) in [6.45, 7) is 0. The highest BCUT2D eigenvalue weighted by atomic mass is 16.1. The highest BCUT2D eigenvalue weighted by molar-refractivity contribution is 6.00. The van der Waals surface area contributed by atoms with Crippen LogP contribution < -0.4 is 5.73 Å². The summed E-state index contributed by atoms with van der Waals surface area (Å²) in [6.07, 6.45) is 8.68. The van der Waals surface area contributed by atoms with Gasteiger partial charge < -0.3 is 5.73 Å². The van der Waals surface area contributed by atoms with Crippen LogP contribution in [-0.4, -0.2) is 25.3 Å². The first kappa shape index (κ1) is 12.9. The van der Waals surface area contributed by atoms with Gasteiger partial charge in [0.2, 0.25) is 0 Å². The van der Waals surface area contributed by atoms with Gasteiger partial charge in [-0.15, -0.1) is 0 Å². The van der Waals surface area contributed by atoms with E-state index in [4.69, 9.17) is 5.73 Å². The molecule has 0 aromatic carbocycles. The molecule has 0 bridgehead atoms. The predicted molar refractivity (Wildman–Crippen MR) is 75.4 cm³/mol. The Morgan fingerprint density at radius 1 is 1.45 bits per heavy atom. The lowest BCUT2D eigenvalue weighted by molar-refractivity contribution is 0.0992. The number of ketones is 1. The Bertz CT molecular complexity index is 621. The fraction of sp³-hybridized carbons (Fsp3) is 0.500. The molecule has 1 fully saturated rings. The van der Waals surface area contributed by atoms with Crippen LogP contribution in [0.4, 0.5) is 5.82 Å². The van der Waals surface area contributed by atoms with Crippen molar-refractivity contribution < 1.29 is 4.79 Å². The molecule has 0 spiro atoms. The van der Waals surface area contributed by atoms with E-state index in [9.17, 15) is 4.79 Å². The van der Waals surface area contributed by atoms with Gasteiger partial charge in [-0.25, -0.2) is 0 Å². The van der Waals surface area contributed by atoms with Gasteiger partial charge in [0.25, 0.3) is 0 Å². The molecule has 6 nitrogen and oxygen atoms in total. The first-order valence-corrected chi connectivity index (χ1v) is 7.00. The first-order valence-electron chi connectivity index (χ1n) is 7.00. The highest BCUT2D eigenvalue weighted by Gasteiger charge is 2.19. The number of aromatic nitrogens is 4. The first-order chi connectivity index (χ1) is 9.65. The molecule has 0 unspecified atom stereocenters. The predicted octanol–water partition coefficient (Wildman–Crippen LogP) is 1.74. The summed E-state index contributed by atoms with van der Waals surface area (Å²) in [5, 5.41) is 8.51. The molecule has 20 heavy (non-hydrogen) atoms. The molecule has 2 heterocycles. The monoisotopic (exact) mass is 273 g/mol. The van der Waals surface area contributed by atoms with E-state index in [1.54, 1.807) is 7.05 Å². The molecular formula is C14H19N5O. The summed E-state index contributed by atoms with van der Waals surface area (Å²) < 4.78 is 3.51. The number of carbonyl (C=O) groups is 1. The number of Topliss-reactive ketones (excluding diaryl/α,β-unsaturated/α-hetero) is 1. The lowest BCUT2D eigenvalue weighted by Gasteiger charge is -2.08. The average molecular weight is 273 g/mol. The number of nitrogen functional groups attached to an aromatic ring is 1. The third-order valence-electron chi connectivity index (χ3n) is 3.99. The van der Waals surface area contributed by atoms with Crippen LogP contribution in [0, 0.1) is 0 Å². The number of anilines is 1. The summed E-state index contributed by atoms with van der Waals surface area (Å²) in [5.41, 5.74) is 7.09. The van der Waals surface area contributed by atoms with Gasteiger partial charge in [-0.05, 0) is 18.9 Å². The van der Waals surface area contributed by atoms with E-state index in [2.05, 4.69) is 10.2 Å². The second kappa shape index (κ2) is 5.11. The van der Waals surface area contributed by atoms with Crippen molar-refractivity contribution in [2.45, 2.75) is 38.1 Å². The molecule has 1 saturated carbocycles. The Hall–Kier alpha value is -2.11. The number of nitrogens with zero attached hydrogens (tertiary/aromatic N) is 4. The number of carbonyl (C=O) groups excluding carboxylic acids is 1. The minimum atomic E-state index is -0.0349. The van der Waals surface area contributed by atoms with E-state index >= 15 is 0 Å². The normalized spacial score (nSPS) is 15.8. The third kappa shape index (κ3) is 2.33. The van der Waals surface area contributed by atoms with Crippen molar-refractivity contribution in [1.29, 1.82) is 0 Å². The molecule has 2 aromatic heterocycles. The van der Waals surface area contributed by atoms with Crippen LogP contribution in [-0.2, 0) is 13.5 Å². The van der Waals surface area contributed by atoms with E-state index in [1.807, 2.05) is 16.9 Å². The lowest BCUT2D eigenvalue weighted by atomic mass is 10.1. The maximum atomic E-state index is 12.2. The van der Waals surface area contributed by atoms with Crippen LogP contribution in [0.5, 0.6) is 0 Å².